The largest absolute Gasteiger partial charge is 0.343 e. The molecule has 0 saturated carbocycles. The lowest BCUT2D eigenvalue weighted by atomic mass is 9.98. The summed E-state index contributed by atoms with van der Waals surface area (Å²) >= 11 is 0. The van der Waals surface area contributed by atoms with Crippen molar-refractivity contribution in [2.45, 2.75) is 104 Å². The average molecular weight is 677 g/mol. The Morgan fingerprint density at radius 2 is 1.36 bits per heavy atom. The van der Waals surface area contributed by atoms with Crippen LogP contribution in [0.15, 0.2) is 30.3 Å². The third-order valence-electron chi connectivity index (χ3n) is 9.29. The van der Waals surface area contributed by atoms with Crippen LogP contribution in [-0.2, 0) is 30.5 Å². The maximum Gasteiger partial charge on any atom is 0.258 e. The first-order valence-electron chi connectivity index (χ1n) is 16.8. The first kappa shape index (κ1) is 40.3. The van der Waals surface area contributed by atoms with E-state index in [1.165, 1.54) is 4.90 Å². The van der Waals surface area contributed by atoms with Crippen molar-refractivity contribution < 1.29 is 24.0 Å². The number of imide groups is 3. The Morgan fingerprint density at radius 1 is 0.809 bits per heavy atom. The van der Waals surface area contributed by atoms with E-state index in [9.17, 15) is 24.0 Å². The van der Waals surface area contributed by atoms with Crippen molar-refractivity contribution in [3.8, 4) is 0 Å². The van der Waals surface area contributed by atoms with Gasteiger partial charge in [-0.2, -0.15) is 0 Å². The molecule has 2 heterocycles. The van der Waals surface area contributed by atoms with Gasteiger partial charge in [-0.15, -0.1) is 12.4 Å². The van der Waals surface area contributed by atoms with Crippen molar-refractivity contribution in [3.63, 3.8) is 0 Å². The highest BCUT2D eigenvalue weighted by Gasteiger charge is 2.48. The zero-order valence-corrected chi connectivity index (χ0v) is 30.5. The van der Waals surface area contributed by atoms with Gasteiger partial charge >= 0.3 is 0 Å². The van der Waals surface area contributed by atoms with Crippen LogP contribution in [0.25, 0.3) is 0 Å². The minimum atomic E-state index is -1.11. The van der Waals surface area contributed by atoms with Crippen LogP contribution >= 0.6 is 12.4 Å². The fourth-order valence-electron chi connectivity index (χ4n) is 6.97. The summed E-state index contributed by atoms with van der Waals surface area (Å²) in [7, 11) is 5.32. The SMILES string of the molecule is CN[C@H](C(=O)N1CCCC1C(=O)N(C(=O)[C@@H](NC(=O)[C@H](C(C)C)N(C)C)C(C)C)C(=O)[C@@H]1CCCN1Cc1ccccc1)C(C)C.Cl. The summed E-state index contributed by atoms with van der Waals surface area (Å²) < 4.78 is 0. The van der Waals surface area contributed by atoms with Crippen LogP contribution in [0, 0.1) is 17.8 Å². The van der Waals surface area contributed by atoms with Gasteiger partial charge in [-0.05, 0) is 76.7 Å². The first-order valence-corrected chi connectivity index (χ1v) is 16.8. The Balaban J connectivity index is 0.00000768. The molecule has 0 spiro atoms. The molecule has 12 heteroatoms. The molecule has 0 aliphatic carbocycles. The van der Waals surface area contributed by atoms with Crippen molar-refractivity contribution in [3.05, 3.63) is 35.9 Å². The van der Waals surface area contributed by atoms with Gasteiger partial charge in [0.05, 0.1) is 18.1 Å². The van der Waals surface area contributed by atoms with Crippen molar-refractivity contribution in [2.75, 3.05) is 34.2 Å². The van der Waals surface area contributed by atoms with Crippen molar-refractivity contribution in [1.29, 1.82) is 0 Å². The number of carbonyl (C=O) groups excluding carboxylic acids is 5. The molecule has 0 aromatic heterocycles. The first-order chi connectivity index (χ1) is 21.7. The maximum absolute atomic E-state index is 14.5. The zero-order valence-electron chi connectivity index (χ0n) is 29.7. The van der Waals surface area contributed by atoms with E-state index in [1.807, 2.05) is 62.9 Å². The number of likely N-dealkylation sites (tertiary alicyclic amines) is 2. The molecule has 3 rings (SSSR count). The molecule has 5 amide bonds. The smallest absolute Gasteiger partial charge is 0.258 e. The highest BCUT2D eigenvalue weighted by Crippen LogP contribution is 2.27. The number of likely N-dealkylation sites (N-methyl/N-ethyl adjacent to an activating group) is 2. The lowest BCUT2D eigenvalue weighted by Gasteiger charge is -2.36. The highest BCUT2D eigenvalue weighted by atomic mass is 35.5. The summed E-state index contributed by atoms with van der Waals surface area (Å²) in [5, 5.41) is 5.96. The number of hydrogen-bond donors (Lipinski definition) is 2. The predicted molar refractivity (Wildman–Crippen MR) is 185 cm³/mol. The van der Waals surface area contributed by atoms with Gasteiger partial charge in [0.15, 0.2) is 0 Å². The van der Waals surface area contributed by atoms with Gasteiger partial charge in [-0.1, -0.05) is 71.9 Å². The topological polar surface area (TPSA) is 122 Å². The monoisotopic (exact) mass is 676 g/mol. The van der Waals surface area contributed by atoms with Crippen LogP contribution in [0.1, 0.15) is 72.8 Å². The highest BCUT2D eigenvalue weighted by molar-refractivity contribution is 6.16. The van der Waals surface area contributed by atoms with E-state index in [-0.39, 0.29) is 36.1 Å². The van der Waals surface area contributed by atoms with Crippen LogP contribution in [-0.4, -0.2) is 114 Å². The van der Waals surface area contributed by atoms with Gasteiger partial charge in [0.25, 0.3) is 17.7 Å². The Kier molecular flexibility index (Phi) is 15.5. The molecule has 1 aromatic rings. The van der Waals surface area contributed by atoms with Gasteiger partial charge in [0, 0.05) is 13.1 Å². The molecule has 1 unspecified atom stereocenters. The zero-order chi connectivity index (χ0) is 34.3. The Bertz CT molecular complexity index is 1220. The third kappa shape index (κ3) is 9.62. The van der Waals surface area contributed by atoms with E-state index in [1.54, 1.807) is 39.9 Å². The van der Waals surface area contributed by atoms with Gasteiger partial charge in [-0.25, -0.2) is 4.90 Å². The van der Waals surface area contributed by atoms with Crippen LogP contribution in [0.2, 0.25) is 0 Å². The molecule has 47 heavy (non-hydrogen) atoms. The van der Waals surface area contributed by atoms with E-state index in [2.05, 4.69) is 10.6 Å². The van der Waals surface area contributed by atoms with E-state index in [4.69, 9.17) is 0 Å². The second-order valence-electron chi connectivity index (χ2n) is 14.0. The van der Waals surface area contributed by atoms with Crippen LogP contribution in [0.3, 0.4) is 0 Å². The molecule has 264 valence electrons. The van der Waals surface area contributed by atoms with Gasteiger partial charge in [0.2, 0.25) is 11.8 Å². The predicted octanol–water partition coefficient (Wildman–Crippen LogP) is 2.92. The fraction of sp³-hybridized carbons (Fsp3) is 0.686. The van der Waals surface area contributed by atoms with Crippen LogP contribution < -0.4 is 10.6 Å². The molecule has 11 nitrogen and oxygen atoms in total. The van der Waals surface area contributed by atoms with E-state index in [0.717, 1.165) is 16.9 Å². The molecule has 2 aliphatic heterocycles. The van der Waals surface area contributed by atoms with E-state index >= 15 is 0 Å². The molecule has 2 N–H and O–H groups in total. The standard InChI is InChI=1S/C35H56N6O5.ClH/c1-22(2)28(36-7)34(45)40-20-14-18-27(40)33(44)41(32(43)26-17-13-19-39(26)21-25-15-11-10-12-16-25)35(46)29(23(3)4)37-31(42)30(24(5)6)38(8)9;/h10-12,15-16,22-24,26-30,36H,13-14,17-21H2,1-9H3,(H,37,42);1H/t26-,27?,28-,29-,30-;/m0./s1. The molecule has 2 fully saturated rings. The van der Waals surface area contributed by atoms with Crippen LogP contribution in [0.5, 0.6) is 0 Å². The summed E-state index contributed by atoms with van der Waals surface area (Å²) in [6, 6.07) is 6.02. The second-order valence-corrected chi connectivity index (χ2v) is 14.0. The molecule has 5 atom stereocenters. The molecular formula is C35H57ClN6O5. The van der Waals surface area contributed by atoms with Crippen molar-refractivity contribution in [2.24, 2.45) is 17.8 Å². The quantitative estimate of drug-likeness (QED) is 0.306. The molecule has 2 saturated heterocycles. The summed E-state index contributed by atoms with van der Waals surface area (Å²) in [5.74, 6) is -3.08. The fourth-order valence-corrected chi connectivity index (χ4v) is 6.97. The minimum absolute atomic E-state index is 0. The summed E-state index contributed by atoms with van der Waals surface area (Å²) in [6.45, 7) is 12.8. The Morgan fingerprint density at radius 3 is 1.89 bits per heavy atom. The lowest BCUT2D eigenvalue weighted by molar-refractivity contribution is -0.162. The number of nitrogens with one attached hydrogen (secondary N) is 2. The number of amides is 5. The Hall–Kier alpha value is -2.86. The van der Waals surface area contributed by atoms with Crippen LogP contribution in [0.4, 0.5) is 0 Å². The number of benzene rings is 1. The second kappa shape index (κ2) is 18.1. The molecule has 2 aliphatic rings. The number of rotatable bonds is 13. The normalized spacial score (nSPS) is 20.3. The number of hydrogen-bond acceptors (Lipinski definition) is 8. The maximum atomic E-state index is 14.5. The molecule has 1 aromatic carbocycles. The minimum Gasteiger partial charge on any atom is -0.343 e. The summed E-state index contributed by atoms with van der Waals surface area (Å²) in [5.41, 5.74) is 1.03. The van der Waals surface area contributed by atoms with E-state index in [0.29, 0.717) is 38.9 Å². The number of halogens is 1. The van der Waals surface area contributed by atoms with Gasteiger partial charge < -0.3 is 15.5 Å². The number of nitrogens with zero attached hydrogens (tertiary/aromatic N) is 4. The summed E-state index contributed by atoms with van der Waals surface area (Å²) in [6.07, 6.45) is 2.18. The van der Waals surface area contributed by atoms with Crippen molar-refractivity contribution >= 4 is 41.9 Å². The lowest BCUT2D eigenvalue weighted by Crippen LogP contribution is -2.63. The molecule has 0 radical (unpaired) electrons. The van der Waals surface area contributed by atoms with Gasteiger partial charge in [-0.3, -0.25) is 33.8 Å². The van der Waals surface area contributed by atoms with E-state index < -0.39 is 53.8 Å². The van der Waals surface area contributed by atoms with Gasteiger partial charge in [0.1, 0.15) is 12.1 Å². The number of carbonyl (C=O) groups is 5. The molecular weight excluding hydrogens is 620 g/mol. The average Bonchev–Trinajstić information content (AvgIpc) is 3.66. The third-order valence-corrected chi connectivity index (χ3v) is 9.29. The molecule has 0 bridgehead atoms. The van der Waals surface area contributed by atoms with Crippen molar-refractivity contribution in [1.82, 2.24) is 30.2 Å². The summed E-state index contributed by atoms with van der Waals surface area (Å²) in [4.78, 5) is 76.9. The Labute approximate surface area is 287 Å².